The summed E-state index contributed by atoms with van der Waals surface area (Å²) in [5.74, 6) is 0.945. The van der Waals surface area contributed by atoms with Crippen molar-refractivity contribution in [2.45, 2.75) is 51.5 Å². The van der Waals surface area contributed by atoms with E-state index in [1.165, 1.54) is 64.8 Å². The molecule has 1 heterocycles. The van der Waals surface area contributed by atoms with Gasteiger partial charge in [-0.3, -0.25) is 4.90 Å². The fourth-order valence-corrected chi connectivity index (χ4v) is 3.63. The molecule has 1 aliphatic carbocycles. The van der Waals surface area contributed by atoms with Crippen LogP contribution in [0, 0.1) is 5.92 Å². The predicted molar refractivity (Wildman–Crippen MR) is 77.7 cm³/mol. The largest absolute Gasteiger partial charge is 0.330 e. The number of nitrogens with two attached hydrogens (primary N) is 1. The predicted octanol–water partition coefficient (Wildman–Crippen LogP) is 1.92. The number of hydrogen-bond donors (Lipinski definition) is 1. The van der Waals surface area contributed by atoms with E-state index in [1.807, 2.05) is 0 Å². The topological polar surface area (TPSA) is 32.5 Å². The van der Waals surface area contributed by atoms with Gasteiger partial charge in [-0.1, -0.05) is 19.8 Å². The van der Waals surface area contributed by atoms with E-state index in [4.69, 9.17) is 5.73 Å². The lowest BCUT2D eigenvalue weighted by molar-refractivity contribution is 0.137. The zero-order chi connectivity index (χ0) is 12.8. The van der Waals surface area contributed by atoms with E-state index >= 15 is 0 Å². The van der Waals surface area contributed by atoms with Crippen LogP contribution in [0.2, 0.25) is 0 Å². The highest BCUT2D eigenvalue weighted by Crippen LogP contribution is 2.27. The maximum atomic E-state index is 5.61. The van der Waals surface area contributed by atoms with Crippen molar-refractivity contribution >= 4 is 0 Å². The zero-order valence-electron chi connectivity index (χ0n) is 12.1. The first-order valence-electron chi connectivity index (χ1n) is 7.96. The van der Waals surface area contributed by atoms with Gasteiger partial charge < -0.3 is 10.6 Å². The van der Waals surface area contributed by atoms with Gasteiger partial charge in [0.15, 0.2) is 0 Å². The van der Waals surface area contributed by atoms with Gasteiger partial charge in [0, 0.05) is 19.1 Å². The Balaban J connectivity index is 1.77. The van der Waals surface area contributed by atoms with Crippen LogP contribution < -0.4 is 5.73 Å². The molecule has 0 bridgehead atoms. The summed E-state index contributed by atoms with van der Waals surface area (Å²) in [7, 11) is 0. The minimum Gasteiger partial charge on any atom is -0.330 e. The van der Waals surface area contributed by atoms with Crippen molar-refractivity contribution in [3.63, 3.8) is 0 Å². The summed E-state index contributed by atoms with van der Waals surface area (Å²) in [6.45, 7) is 9.59. The van der Waals surface area contributed by atoms with E-state index in [0.717, 1.165) is 24.9 Å². The highest BCUT2D eigenvalue weighted by atomic mass is 15.2. The lowest BCUT2D eigenvalue weighted by atomic mass is 9.86. The van der Waals surface area contributed by atoms with Crippen LogP contribution in [0.3, 0.4) is 0 Å². The Hall–Kier alpha value is -0.120. The molecule has 1 aliphatic heterocycles. The van der Waals surface area contributed by atoms with Crippen LogP contribution in [0.1, 0.15) is 45.4 Å². The van der Waals surface area contributed by atoms with Crippen molar-refractivity contribution in [2.24, 2.45) is 11.7 Å². The van der Waals surface area contributed by atoms with Crippen LogP contribution >= 0.6 is 0 Å². The first kappa shape index (κ1) is 14.3. The van der Waals surface area contributed by atoms with Gasteiger partial charge in [0.2, 0.25) is 0 Å². The average Bonchev–Trinajstić information content (AvgIpc) is 2.62. The molecule has 0 amide bonds. The molecule has 3 heteroatoms. The van der Waals surface area contributed by atoms with E-state index in [2.05, 4.69) is 16.7 Å². The van der Waals surface area contributed by atoms with Crippen LogP contribution in [0.15, 0.2) is 0 Å². The van der Waals surface area contributed by atoms with Crippen molar-refractivity contribution in [2.75, 3.05) is 39.3 Å². The Kier molecular flexibility index (Phi) is 5.93. The summed E-state index contributed by atoms with van der Waals surface area (Å²) in [4.78, 5) is 5.39. The molecule has 0 aromatic rings. The zero-order valence-corrected chi connectivity index (χ0v) is 12.1. The summed E-state index contributed by atoms with van der Waals surface area (Å²) in [5, 5.41) is 0. The Morgan fingerprint density at radius 3 is 2.72 bits per heavy atom. The molecule has 18 heavy (non-hydrogen) atoms. The molecule has 3 nitrogen and oxygen atoms in total. The van der Waals surface area contributed by atoms with Gasteiger partial charge in [-0.15, -0.1) is 0 Å². The molecule has 2 atom stereocenters. The molecule has 2 fully saturated rings. The number of rotatable bonds is 4. The Morgan fingerprint density at radius 2 is 1.94 bits per heavy atom. The maximum Gasteiger partial charge on any atom is 0.0112 e. The van der Waals surface area contributed by atoms with Crippen LogP contribution in [0.25, 0.3) is 0 Å². The molecule has 0 spiro atoms. The first-order valence-corrected chi connectivity index (χ1v) is 7.96. The SMILES string of the molecule is CC1CCCC(N2CCCN(CCCN)CC2)C1. The summed E-state index contributed by atoms with van der Waals surface area (Å²) in [6.07, 6.45) is 8.26. The van der Waals surface area contributed by atoms with Crippen molar-refractivity contribution in [3.8, 4) is 0 Å². The Labute approximate surface area is 113 Å². The second kappa shape index (κ2) is 7.46. The van der Waals surface area contributed by atoms with Crippen LogP contribution in [0.5, 0.6) is 0 Å². The molecule has 2 unspecified atom stereocenters. The molecule has 106 valence electrons. The maximum absolute atomic E-state index is 5.61. The fourth-order valence-electron chi connectivity index (χ4n) is 3.63. The molecule has 1 saturated carbocycles. The van der Waals surface area contributed by atoms with Crippen molar-refractivity contribution in [1.29, 1.82) is 0 Å². The minimum atomic E-state index is 0.834. The van der Waals surface area contributed by atoms with Gasteiger partial charge in [-0.25, -0.2) is 0 Å². The number of hydrogen-bond acceptors (Lipinski definition) is 3. The minimum absolute atomic E-state index is 0.834. The van der Waals surface area contributed by atoms with E-state index < -0.39 is 0 Å². The molecule has 2 aliphatic rings. The van der Waals surface area contributed by atoms with Gasteiger partial charge in [0.05, 0.1) is 0 Å². The Morgan fingerprint density at radius 1 is 1.06 bits per heavy atom. The summed E-state index contributed by atoms with van der Waals surface area (Å²) >= 11 is 0. The first-order chi connectivity index (χ1) is 8.79. The van der Waals surface area contributed by atoms with Crippen LogP contribution in [-0.2, 0) is 0 Å². The van der Waals surface area contributed by atoms with Gasteiger partial charge in [0.1, 0.15) is 0 Å². The molecule has 2 rings (SSSR count). The van der Waals surface area contributed by atoms with E-state index in [0.29, 0.717) is 0 Å². The normalized spacial score (nSPS) is 32.3. The highest BCUT2D eigenvalue weighted by molar-refractivity contribution is 4.81. The summed E-state index contributed by atoms with van der Waals surface area (Å²) in [6, 6.07) is 0.878. The molecular weight excluding hydrogens is 222 g/mol. The van der Waals surface area contributed by atoms with Gasteiger partial charge >= 0.3 is 0 Å². The van der Waals surface area contributed by atoms with Gasteiger partial charge in [0.25, 0.3) is 0 Å². The molecule has 2 N–H and O–H groups in total. The average molecular weight is 253 g/mol. The van der Waals surface area contributed by atoms with Crippen LogP contribution in [-0.4, -0.2) is 55.1 Å². The third kappa shape index (κ3) is 4.22. The second-order valence-electron chi connectivity index (χ2n) is 6.30. The lowest BCUT2D eigenvalue weighted by Crippen LogP contribution is -2.41. The smallest absolute Gasteiger partial charge is 0.0112 e. The molecule has 0 radical (unpaired) electrons. The van der Waals surface area contributed by atoms with Crippen LogP contribution in [0.4, 0.5) is 0 Å². The van der Waals surface area contributed by atoms with Crippen molar-refractivity contribution in [3.05, 3.63) is 0 Å². The van der Waals surface area contributed by atoms with E-state index in [1.54, 1.807) is 0 Å². The van der Waals surface area contributed by atoms with Crippen molar-refractivity contribution in [1.82, 2.24) is 9.80 Å². The lowest BCUT2D eigenvalue weighted by Gasteiger charge is -2.36. The van der Waals surface area contributed by atoms with Crippen molar-refractivity contribution < 1.29 is 0 Å². The monoisotopic (exact) mass is 253 g/mol. The second-order valence-corrected chi connectivity index (χ2v) is 6.30. The third-order valence-corrected chi connectivity index (χ3v) is 4.73. The van der Waals surface area contributed by atoms with E-state index in [9.17, 15) is 0 Å². The highest BCUT2D eigenvalue weighted by Gasteiger charge is 2.26. The third-order valence-electron chi connectivity index (χ3n) is 4.73. The summed E-state index contributed by atoms with van der Waals surface area (Å²) < 4.78 is 0. The Bertz CT molecular complexity index is 232. The van der Waals surface area contributed by atoms with E-state index in [-0.39, 0.29) is 0 Å². The molecule has 0 aromatic carbocycles. The quantitative estimate of drug-likeness (QED) is 0.831. The fraction of sp³-hybridized carbons (Fsp3) is 1.00. The molecule has 0 aromatic heterocycles. The van der Waals surface area contributed by atoms with Gasteiger partial charge in [-0.05, 0) is 57.8 Å². The molecule has 1 saturated heterocycles. The summed E-state index contributed by atoms with van der Waals surface area (Å²) in [5.41, 5.74) is 5.61. The van der Waals surface area contributed by atoms with Gasteiger partial charge in [-0.2, -0.15) is 0 Å². The molecular formula is C15H31N3. The standard InChI is InChI=1S/C15H31N3/c1-14-5-2-6-15(13-14)18-10-4-9-17(11-12-18)8-3-7-16/h14-15H,2-13,16H2,1H3. The number of nitrogens with zero attached hydrogens (tertiary/aromatic N) is 2.